The van der Waals surface area contributed by atoms with Crippen LogP contribution >= 0.6 is 0 Å². The SMILES string of the molecule is COC(=O)[C@H](Cc1ccccc1)N(N[C@@H](Cc1cc(C)cc(C)c1)C(=O)O)C(=O)OCc1ccccc1. The Bertz CT molecular complexity index is 1180. The maximum Gasteiger partial charge on any atom is 0.425 e. The number of hydrazine groups is 1. The molecule has 3 aromatic carbocycles. The summed E-state index contributed by atoms with van der Waals surface area (Å²) in [6.07, 6.45) is -0.710. The summed E-state index contributed by atoms with van der Waals surface area (Å²) in [4.78, 5) is 38.5. The minimum atomic E-state index is -1.21. The lowest BCUT2D eigenvalue weighted by Gasteiger charge is -2.32. The Morgan fingerprint density at radius 1 is 0.838 bits per heavy atom. The van der Waals surface area contributed by atoms with Crippen molar-refractivity contribution in [3.8, 4) is 0 Å². The van der Waals surface area contributed by atoms with Gasteiger partial charge < -0.3 is 14.6 Å². The van der Waals surface area contributed by atoms with E-state index in [1.165, 1.54) is 7.11 Å². The Balaban J connectivity index is 1.91. The van der Waals surface area contributed by atoms with Crippen molar-refractivity contribution in [2.45, 2.75) is 45.4 Å². The maximum absolute atomic E-state index is 13.3. The number of carbonyl (C=O) groups excluding carboxylic acids is 2. The van der Waals surface area contributed by atoms with Gasteiger partial charge in [-0.2, -0.15) is 0 Å². The van der Waals surface area contributed by atoms with Gasteiger partial charge in [-0.05, 0) is 30.5 Å². The number of carboxylic acids is 1. The Hall–Kier alpha value is -4.17. The second-order valence-corrected chi connectivity index (χ2v) is 8.86. The number of esters is 1. The molecule has 3 rings (SSSR count). The third kappa shape index (κ3) is 8.18. The number of aryl methyl sites for hydroxylation is 2. The van der Waals surface area contributed by atoms with E-state index in [2.05, 4.69) is 5.43 Å². The largest absolute Gasteiger partial charge is 0.480 e. The first-order valence-corrected chi connectivity index (χ1v) is 11.9. The molecule has 2 atom stereocenters. The summed E-state index contributed by atoms with van der Waals surface area (Å²) in [6.45, 7) is 3.81. The number of amides is 1. The van der Waals surface area contributed by atoms with Crippen molar-refractivity contribution in [3.63, 3.8) is 0 Å². The highest BCUT2D eigenvalue weighted by atomic mass is 16.6. The van der Waals surface area contributed by atoms with Crippen molar-refractivity contribution in [3.05, 3.63) is 107 Å². The predicted molar refractivity (Wildman–Crippen MR) is 139 cm³/mol. The number of methoxy groups -OCH3 is 1. The van der Waals surface area contributed by atoms with Crippen LogP contribution in [0.25, 0.3) is 0 Å². The number of hydrogen-bond donors (Lipinski definition) is 2. The minimum absolute atomic E-state index is 0.0497. The second-order valence-electron chi connectivity index (χ2n) is 8.86. The first-order chi connectivity index (χ1) is 17.8. The molecule has 194 valence electrons. The highest BCUT2D eigenvalue weighted by Gasteiger charge is 2.35. The molecule has 8 heteroatoms. The Morgan fingerprint density at radius 2 is 1.41 bits per heavy atom. The first kappa shape index (κ1) is 27.4. The zero-order chi connectivity index (χ0) is 26.8. The summed E-state index contributed by atoms with van der Waals surface area (Å²) in [5.74, 6) is -1.88. The topological polar surface area (TPSA) is 105 Å². The van der Waals surface area contributed by atoms with E-state index in [0.29, 0.717) is 0 Å². The van der Waals surface area contributed by atoms with Crippen LogP contribution in [0.5, 0.6) is 0 Å². The molecule has 2 N–H and O–H groups in total. The molecule has 0 radical (unpaired) electrons. The number of nitrogens with zero attached hydrogens (tertiary/aromatic N) is 1. The number of hydrogen-bond acceptors (Lipinski definition) is 6. The van der Waals surface area contributed by atoms with Crippen molar-refractivity contribution in [2.24, 2.45) is 0 Å². The van der Waals surface area contributed by atoms with E-state index >= 15 is 0 Å². The molecule has 37 heavy (non-hydrogen) atoms. The summed E-state index contributed by atoms with van der Waals surface area (Å²) in [5.41, 5.74) is 7.06. The van der Waals surface area contributed by atoms with Gasteiger partial charge in [0.05, 0.1) is 7.11 Å². The quantitative estimate of drug-likeness (QED) is 0.297. The van der Waals surface area contributed by atoms with Crippen LogP contribution < -0.4 is 5.43 Å². The number of carboxylic acid groups (broad SMARTS) is 1. The summed E-state index contributed by atoms with van der Waals surface area (Å²) in [7, 11) is 1.22. The molecule has 0 spiro atoms. The monoisotopic (exact) mass is 504 g/mol. The van der Waals surface area contributed by atoms with E-state index in [1.54, 1.807) is 12.1 Å². The van der Waals surface area contributed by atoms with E-state index in [1.807, 2.05) is 80.6 Å². The van der Waals surface area contributed by atoms with E-state index in [-0.39, 0.29) is 19.4 Å². The van der Waals surface area contributed by atoms with Gasteiger partial charge in [0, 0.05) is 12.8 Å². The smallest absolute Gasteiger partial charge is 0.425 e. The van der Waals surface area contributed by atoms with Gasteiger partial charge >= 0.3 is 18.0 Å². The van der Waals surface area contributed by atoms with Gasteiger partial charge in [0.25, 0.3) is 0 Å². The third-order valence-corrected chi connectivity index (χ3v) is 5.77. The molecule has 0 aliphatic heterocycles. The summed E-state index contributed by atoms with van der Waals surface area (Å²) in [6, 6.07) is 21.6. The van der Waals surface area contributed by atoms with Gasteiger partial charge in [-0.3, -0.25) is 4.79 Å². The molecule has 0 saturated carbocycles. The Morgan fingerprint density at radius 3 is 1.95 bits per heavy atom. The first-order valence-electron chi connectivity index (χ1n) is 11.9. The fourth-order valence-electron chi connectivity index (χ4n) is 4.09. The molecule has 0 aromatic heterocycles. The minimum Gasteiger partial charge on any atom is -0.480 e. The van der Waals surface area contributed by atoms with Gasteiger partial charge in [-0.25, -0.2) is 20.0 Å². The lowest BCUT2D eigenvalue weighted by molar-refractivity contribution is -0.150. The maximum atomic E-state index is 13.3. The van der Waals surface area contributed by atoms with Gasteiger partial charge in [-0.15, -0.1) is 0 Å². The van der Waals surface area contributed by atoms with Crippen molar-refractivity contribution in [2.75, 3.05) is 7.11 Å². The molecule has 3 aromatic rings. The lowest BCUT2D eigenvalue weighted by Crippen LogP contribution is -2.59. The number of carbonyl (C=O) groups is 3. The molecular formula is C29H32N2O6. The molecule has 0 heterocycles. The van der Waals surface area contributed by atoms with Crippen LogP contribution in [-0.2, 0) is 38.5 Å². The summed E-state index contributed by atoms with van der Waals surface area (Å²) >= 11 is 0. The Labute approximate surface area is 216 Å². The second kappa shape index (κ2) is 13.2. The zero-order valence-corrected chi connectivity index (χ0v) is 21.2. The molecular weight excluding hydrogens is 472 g/mol. The number of rotatable bonds is 11. The molecule has 0 saturated heterocycles. The van der Waals surface area contributed by atoms with Crippen LogP contribution in [0.1, 0.15) is 27.8 Å². The van der Waals surface area contributed by atoms with Gasteiger partial charge in [0.1, 0.15) is 12.6 Å². The summed E-state index contributed by atoms with van der Waals surface area (Å²) in [5, 5.41) is 11.0. The lowest BCUT2D eigenvalue weighted by atomic mass is 10.0. The van der Waals surface area contributed by atoms with E-state index in [0.717, 1.165) is 32.8 Å². The average Bonchev–Trinajstić information content (AvgIpc) is 2.88. The van der Waals surface area contributed by atoms with Crippen molar-refractivity contribution in [1.29, 1.82) is 0 Å². The molecule has 0 aliphatic rings. The molecule has 0 bridgehead atoms. The van der Waals surface area contributed by atoms with Gasteiger partial charge in [0.2, 0.25) is 0 Å². The average molecular weight is 505 g/mol. The van der Waals surface area contributed by atoms with E-state index < -0.39 is 30.1 Å². The van der Waals surface area contributed by atoms with Crippen LogP contribution in [0.2, 0.25) is 0 Å². The van der Waals surface area contributed by atoms with Crippen LogP contribution in [0.15, 0.2) is 78.9 Å². The van der Waals surface area contributed by atoms with E-state index in [9.17, 15) is 19.5 Å². The highest BCUT2D eigenvalue weighted by molar-refractivity contribution is 5.82. The van der Waals surface area contributed by atoms with Crippen LogP contribution in [0, 0.1) is 13.8 Å². The highest BCUT2D eigenvalue weighted by Crippen LogP contribution is 2.15. The normalized spacial score (nSPS) is 12.3. The van der Waals surface area contributed by atoms with Gasteiger partial charge in [-0.1, -0.05) is 90.0 Å². The predicted octanol–water partition coefficient (Wildman–Crippen LogP) is 4.23. The molecule has 1 amide bonds. The fourth-order valence-corrected chi connectivity index (χ4v) is 4.09. The number of nitrogens with one attached hydrogen (secondary N) is 1. The van der Waals surface area contributed by atoms with Gasteiger partial charge in [0.15, 0.2) is 6.04 Å². The molecule has 0 aliphatic carbocycles. The standard InChI is InChI=1S/C29H32N2O6/c1-20-14-21(2)16-24(15-20)17-25(27(32)33)30-31(29(35)37-19-23-12-8-5-9-13-23)26(28(34)36-3)18-22-10-6-4-7-11-22/h4-16,25-26,30H,17-19H2,1-3H3,(H,32,33)/t25-,26-/m0/s1. The number of ether oxygens (including phenoxy) is 2. The third-order valence-electron chi connectivity index (χ3n) is 5.77. The van der Waals surface area contributed by atoms with E-state index in [4.69, 9.17) is 9.47 Å². The number of benzene rings is 3. The molecule has 0 unspecified atom stereocenters. The van der Waals surface area contributed by atoms with Crippen LogP contribution in [0.4, 0.5) is 4.79 Å². The Kier molecular flexibility index (Phi) is 9.80. The molecule has 8 nitrogen and oxygen atoms in total. The molecule has 0 fully saturated rings. The van der Waals surface area contributed by atoms with Crippen LogP contribution in [-0.4, -0.2) is 47.3 Å². The zero-order valence-electron chi connectivity index (χ0n) is 21.2. The number of aliphatic carboxylic acids is 1. The fraction of sp³-hybridized carbons (Fsp3) is 0.276. The van der Waals surface area contributed by atoms with Crippen molar-refractivity contribution >= 4 is 18.0 Å². The van der Waals surface area contributed by atoms with Crippen molar-refractivity contribution in [1.82, 2.24) is 10.4 Å². The summed E-state index contributed by atoms with van der Waals surface area (Å²) < 4.78 is 10.5. The van der Waals surface area contributed by atoms with Crippen molar-refractivity contribution < 1.29 is 29.0 Å². The van der Waals surface area contributed by atoms with Crippen LogP contribution in [0.3, 0.4) is 0 Å².